The lowest BCUT2D eigenvalue weighted by atomic mass is 10.1. The number of halogens is 1. The fourth-order valence-corrected chi connectivity index (χ4v) is 2.93. The molecule has 3 nitrogen and oxygen atoms in total. The van der Waals surface area contributed by atoms with Crippen molar-refractivity contribution in [2.75, 3.05) is 6.61 Å². The maximum Gasteiger partial charge on any atom is 0.127 e. The van der Waals surface area contributed by atoms with Crippen LogP contribution in [0.4, 0.5) is 0 Å². The highest BCUT2D eigenvalue weighted by atomic mass is 79.9. The Hall–Kier alpha value is -1.26. The second-order valence-electron chi connectivity index (χ2n) is 4.77. The zero-order chi connectivity index (χ0) is 13.2. The van der Waals surface area contributed by atoms with Gasteiger partial charge in [-0.3, -0.25) is 0 Å². The first-order valence-corrected chi connectivity index (χ1v) is 7.24. The van der Waals surface area contributed by atoms with Crippen LogP contribution >= 0.6 is 15.9 Å². The fourth-order valence-electron chi connectivity index (χ4n) is 2.38. The van der Waals surface area contributed by atoms with Crippen molar-refractivity contribution in [2.24, 2.45) is 0 Å². The van der Waals surface area contributed by atoms with Crippen LogP contribution in [0.25, 0.3) is 0 Å². The molecule has 1 aliphatic heterocycles. The predicted octanol–water partition coefficient (Wildman–Crippen LogP) is 3.83. The summed E-state index contributed by atoms with van der Waals surface area (Å²) in [5.74, 6) is 2.00. The van der Waals surface area contributed by atoms with Crippen LogP contribution in [0.1, 0.15) is 29.9 Å². The lowest BCUT2D eigenvalue weighted by Crippen LogP contribution is -2.18. The van der Waals surface area contributed by atoms with Gasteiger partial charge in [-0.05, 0) is 36.8 Å². The standard InChI is InChI=1S/C15H16BrNO2/c1-10(14-3-2-5-18-14)17-9-12-8-13(16)7-11-4-6-19-15(11)12/h2-3,5,7-8,10,17H,4,6,9H2,1H3/t10-/m1/s1. The van der Waals surface area contributed by atoms with E-state index in [2.05, 4.69) is 40.3 Å². The van der Waals surface area contributed by atoms with Crippen LogP contribution in [0.2, 0.25) is 0 Å². The number of rotatable bonds is 4. The van der Waals surface area contributed by atoms with Crippen LogP contribution < -0.4 is 10.1 Å². The van der Waals surface area contributed by atoms with Crippen LogP contribution in [0, 0.1) is 0 Å². The Morgan fingerprint density at radius 3 is 3.11 bits per heavy atom. The van der Waals surface area contributed by atoms with Crippen LogP contribution in [-0.4, -0.2) is 6.61 Å². The highest BCUT2D eigenvalue weighted by molar-refractivity contribution is 9.10. The van der Waals surface area contributed by atoms with Crippen LogP contribution in [-0.2, 0) is 13.0 Å². The highest BCUT2D eigenvalue weighted by Crippen LogP contribution is 2.33. The summed E-state index contributed by atoms with van der Waals surface area (Å²) in [6, 6.07) is 8.34. The second-order valence-corrected chi connectivity index (χ2v) is 5.69. The Labute approximate surface area is 121 Å². The third-order valence-corrected chi connectivity index (χ3v) is 3.85. The average molecular weight is 322 g/mol. The Bertz CT molecular complexity index is 566. The molecule has 1 atom stereocenters. The van der Waals surface area contributed by atoms with Crippen molar-refractivity contribution >= 4 is 15.9 Å². The third kappa shape index (κ3) is 2.69. The maximum atomic E-state index is 5.72. The predicted molar refractivity (Wildman–Crippen MR) is 77.3 cm³/mol. The van der Waals surface area contributed by atoms with Crippen molar-refractivity contribution in [1.29, 1.82) is 0 Å². The minimum absolute atomic E-state index is 0.186. The Balaban J connectivity index is 1.74. The summed E-state index contributed by atoms with van der Waals surface area (Å²) in [5, 5.41) is 3.46. The number of nitrogens with one attached hydrogen (secondary N) is 1. The summed E-state index contributed by atoms with van der Waals surface area (Å²) < 4.78 is 12.2. The largest absolute Gasteiger partial charge is 0.493 e. The fraction of sp³-hybridized carbons (Fsp3) is 0.333. The van der Waals surface area contributed by atoms with Gasteiger partial charge in [0, 0.05) is 23.0 Å². The first kappa shape index (κ1) is 12.8. The molecule has 1 N–H and O–H groups in total. The molecule has 0 aliphatic carbocycles. The smallest absolute Gasteiger partial charge is 0.127 e. The monoisotopic (exact) mass is 321 g/mol. The zero-order valence-corrected chi connectivity index (χ0v) is 12.4. The molecule has 1 aliphatic rings. The number of hydrogen-bond acceptors (Lipinski definition) is 3. The van der Waals surface area contributed by atoms with Gasteiger partial charge >= 0.3 is 0 Å². The number of fused-ring (bicyclic) bond motifs is 1. The summed E-state index contributed by atoms with van der Waals surface area (Å²) in [7, 11) is 0. The SMILES string of the molecule is C[C@@H](NCc1cc(Br)cc2c1OCC2)c1ccco1. The summed E-state index contributed by atoms with van der Waals surface area (Å²) in [6.45, 7) is 3.65. The summed E-state index contributed by atoms with van der Waals surface area (Å²) in [5.41, 5.74) is 2.48. The Morgan fingerprint density at radius 1 is 1.42 bits per heavy atom. The van der Waals surface area contributed by atoms with E-state index in [-0.39, 0.29) is 6.04 Å². The molecular formula is C15H16BrNO2. The van der Waals surface area contributed by atoms with Crippen molar-refractivity contribution in [3.05, 3.63) is 51.9 Å². The number of hydrogen-bond donors (Lipinski definition) is 1. The van der Waals surface area contributed by atoms with E-state index < -0.39 is 0 Å². The van der Waals surface area contributed by atoms with E-state index >= 15 is 0 Å². The molecule has 0 amide bonds. The average Bonchev–Trinajstić information content (AvgIpc) is 3.05. The Morgan fingerprint density at radius 2 is 2.32 bits per heavy atom. The molecule has 19 heavy (non-hydrogen) atoms. The second kappa shape index (κ2) is 5.39. The van der Waals surface area contributed by atoms with Crippen molar-refractivity contribution < 1.29 is 9.15 Å². The van der Waals surface area contributed by atoms with E-state index in [0.29, 0.717) is 0 Å². The van der Waals surface area contributed by atoms with Crippen LogP contribution in [0.3, 0.4) is 0 Å². The van der Waals surface area contributed by atoms with E-state index in [4.69, 9.17) is 9.15 Å². The molecule has 0 fully saturated rings. The van der Waals surface area contributed by atoms with Crippen LogP contribution in [0.5, 0.6) is 5.75 Å². The number of ether oxygens (including phenoxy) is 1. The van der Waals surface area contributed by atoms with E-state index in [1.165, 1.54) is 11.1 Å². The van der Waals surface area contributed by atoms with Gasteiger partial charge in [0.05, 0.1) is 18.9 Å². The summed E-state index contributed by atoms with van der Waals surface area (Å²) in [6.07, 6.45) is 2.70. The lowest BCUT2D eigenvalue weighted by molar-refractivity contribution is 0.350. The first-order valence-electron chi connectivity index (χ1n) is 6.45. The van der Waals surface area contributed by atoms with Crippen molar-refractivity contribution in [2.45, 2.75) is 25.9 Å². The first-order chi connectivity index (χ1) is 9.24. The van der Waals surface area contributed by atoms with Gasteiger partial charge in [-0.15, -0.1) is 0 Å². The molecule has 1 aromatic heterocycles. The van der Waals surface area contributed by atoms with E-state index in [0.717, 1.165) is 35.6 Å². The van der Waals surface area contributed by atoms with Gasteiger partial charge in [0.1, 0.15) is 11.5 Å². The van der Waals surface area contributed by atoms with Crippen LogP contribution in [0.15, 0.2) is 39.4 Å². The van der Waals surface area contributed by atoms with Gasteiger partial charge < -0.3 is 14.5 Å². The number of benzene rings is 1. The molecule has 0 spiro atoms. The molecule has 0 saturated heterocycles. The molecule has 0 unspecified atom stereocenters. The highest BCUT2D eigenvalue weighted by Gasteiger charge is 2.18. The van der Waals surface area contributed by atoms with E-state index in [1.807, 2.05) is 12.1 Å². The molecule has 100 valence electrons. The normalized spacial score (nSPS) is 15.1. The lowest BCUT2D eigenvalue weighted by Gasteiger charge is -2.14. The topological polar surface area (TPSA) is 34.4 Å². The number of furan rings is 1. The summed E-state index contributed by atoms with van der Waals surface area (Å²) >= 11 is 3.56. The van der Waals surface area contributed by atoms with Gasteiger partial charge in [-0.2, -0.15) is 0 Å². The van der Waals surface area contributed by atoms with Gasteiger partial charge in [0.25, 0.3) is 0 Å². The van der Waals surface area contributed by atoms with Crippen molar-refractivity contribution in [1.82, 2.24) is 5.32 Å². The molecule has 0 radical (unpaired) electrons. The van der Waals surface area contributed by atoms with Gasteiger partial charge in [0.15, 0.2) is 0 Å². The van der Waals surface area contributed by atoms with E-state index in [9.17, 15) is 0 Å². The van der Waals surface area contributed by atoms with Crippen molar-refractivity contribution in [3.8, 4) is 5.75 Å². The molecular weight excluding hydrogens is 306 g/mol. The molecule has 0 saturated carbocycles. The quantitative estimate of drug-likeness (QED) is 0.929. The third-order valence-electron chi connectivity index (χ3n) is 3.39. The Kier molecular flexibility index (Phi) is 3.62. The zero-order valence-electron chi connectivity index (χ0n) is 10.8. The van der Waals surface area contributed by atoms with Gasteiger partial charge in [-0.1, -0.05) is 15.9 Å². The minimum Gasteiger partial charge on any atom is -0.493 e. The van der Waals surface area contributed by atoms with Gasteiger partial charge in [0.2, 0.25) is 0 Å². The molecule has 4 heteroatoms. The summed E-state index contributed by atoms with van der Waals surface area (Å²) in [4.78, 5) is 0. The van der Waals surface area contributed by atoms with E-state index in [1.54, 1.807) is 6.26 Å². The molecule has 0 bridgehead atoms. The maximum absolute atomic E-state index is 5.72. The molecule has 3 rings (SSSR count). The van der Waals surface area contributed by atoms with Crippen molar-refractivity contribution in [3.63, 3.8) is 0 Å². The molecule has 1 aromatic carbocycles. The molecule has 2 heterocycles. The molecule has 2 aromatic rings. The van der Waals surface area contributed by atoms with Gasteiger partial charge in [-0.25, -0.2) is 0 Å². The minimum atomic E-state index is 0.186.